The van der Waals surface area contributed by atoms with Gasteiger partial charge >= 0.3 is 0 Å². The molecule has 2 aromatic heterocycles. The summed E-state index contributed by atoms with van der Waals surface area (Å²) in [6.07, 6.45) is 5.50. The predicted molar refractivity (Wildman–Crippen MR) is 99.2 cm³/mol. The van der Waals surface area contributed by atoms with Crippen LogP contribution in [0.5, 0.6) is 0 Å². The first kappa shape index (κ1) is 18.1. The Morgan fingerprint density at radius 2 is 2.04 bits per heavy atom. The van der Waals surface area contributed by atoms with Crippen LogP contribution in [0.15, 0.2) is 6.07 Å². The van der Waals surface area contributed by atoms with E-state index < -0.39 is 0 Å². The largest absolute Gasteiger partial charge is 0.335 e. The molecule has 9 nitrogen and oxygen atoms in total. The lowest BCUT2D eigenvalue weighted by atomic mass is 9.95. The minimum absolute atomic E-state index is 0.0256. The molecule has 1 amide bonds. The van der Waals surface area contributed by atoms with Gasteiger partial charge in [0, 0.05) is 25.8 Å². The molecule has 0 bridgehead atoms. The van der Waals surface area contributed by atoms with E-state index >= 15 is 0 Å². The van der Waals surface area contributed by atoms with E-state index in [0.717, 1.165) is 30.8 Å². The van der Waals surface area contributed by atoms with Crippen LogP contribution in [0.3, 0.4) is 0 Å². The lowest BCUT2D eigenvalue weighted by molar-refractivity contribution is 0.0731. The van der Waals surface area contributed by atoms with Crippen molar-refractivity contribution in [2.75, 3.05) is 27.2 Å². The van der Waals surface area contributed by atoms with Crippen LogP contribution in [-0.2, 0) is 12.6 Å². The molecule has 27 heavy (non-hydrogen) atoms. The summed E-state index contributed by atoms with van der Waals surface area (Å²) in [6, 6.07) is 2.22. The van der Waals surface area contributed by atoms with Gasteiger partial charge in [-0.3, -0.25) is 14.4 Å². The Bertz CT molecular complexity index is 815. The molecule has 2 fully saturated rings. The highest BCUT2D eigenvalue weighted by Gasteiger charge is 2.48. The molecule has 0 aromatic carbocycles. The first-order valence-corrected chi connectivity index (χ1v) is 9.68. The molecule has 1 atom stereocenters. The highest BCUT2D eigenvalue weighted by atomic mass is 16.2. The number of nitrogens with zero attached hydrogens (tertiary/aromatic N) is 8. The molecule has 3 heterocycles. The van der Waals surface area contributed by atoms with Crippen molar-refractivity contribution in [3.8, 4) is 0 Å². The van der Waals surface area contributed by atoms with Crippen molar-refractivity contribution >= 4 is 5.91 Å². The lowest BCUT2D eigenvalue weighted by Gasteiger charge is -2.35. The Balaban J connectivity index is 1.63. The second-order valence-electron chi connectivity index (χ2n) is 8.08. The van der Waals surface area contributed by atoms with Gasteiger partial charge in [0.25, 0.3) is 5.91 Å². The third-order valence-electron chi connectivity index (χ3n) is 6.30. The zero-order valence-electron chi connectivity index (χ0n) is 16.6. The third-order valence-corrected chi connectivity index (χ3v) is 6.30. The van der Waals surface area contributed by atoms with Crippen LogP contribution >= 0.6 is 0 Å². The quantitative estimate of drug-likeness (QED) is 0.800. The van der Waals surface area contributed by atoms with Crippen LogP contribution in [0.2, 0.25) is 0 Å². The molecule has 1 saturated heterocycles. The van der Waals surface area contributed by atoms with E-state index in [2.05, 4.69) is 25.5 Å². The van der Waals surface area contributed by atoms with Crippen molar-refractivity contribution in [2.45, 2.75) is 50.6 Å². The number of carbonyl (C=O) groups is 1. The summed E-state index contributed by atoms with van der Waals surface area (Å²) in [4.78, 5) is 17.1. The molecule has 2 aromatic rings. The SMILES string of the molecule is Cc1cc(C(=O)N2CCC(c3nnnn3C3CCCC3)(N(C)C)C2)nn1C. The number of aromatic nitrogens is 6. The van der Waals surface area contributed by atoms with Crippen molar-refractivity contribution in [3.05, 3.63) is 23.3 Å². The highest BCUT2D eigenvalue weighted by molar-refractivity contribution is 5.92. The maximum absolute atomic E-state index is 13.0. The smallest absolute Gasteiger partial charge is 0.274 e. The van der Waals surface area contributed by atoms with Gasteiger partial charge in [0.1, 0.15) is 5.54 Å². The van der Waals surface area contributed by atoms with Gasteiger partial charge in [-0.1, -0.05) is 12.8 Å². The third kappa shape index (κ3) is 2.93. The second-order valence-corrected chi connectivity index (χ2v) is 8.08. The number of aryl methyl sites for hydroxylation is 2. The average molecular weight is 372 g/mol. The van der Waals surface area contributed by atoms with E-state index in [0.29, 0.717) is 24.8 Å². The molecule has 0 radical (unpaired) electrons. The Hall–Kier alpha value is -2.29. The standard InChI is InChI=1S/C18H28N8O/c1-13-11-15(20-24(13)4)16(27)25-10-9-18(12-25,23(2)3)17-19-21-22-26(17)14-7-5-6-8-14/h11,14H,5-10,12H2,1-4H3. The van der Waals surface area contributed by atoms with E-state index in [4.69, 9.17) is 0 Å². The molecule has 1 aliphatic heterocycles. The van der Waals surface area contributed by atoms with Gasteiger partial charge in [0.15, 0.2) is 11.5 Å². The van der Waals surface area contributed by atoms with Crippen LogP contribution in [-0.4, -0.2) is 72.9 Å². The Labute approximate surface area is 159 Å². The molecular weight excluding hydrogens is 344 g/mol. The number of hydrogen-bond donors (Lipinski definition) is 0. The monoisotopic (exact) mass is 372 g/mol. The maximum Gasteiger partial charge on any atom is 0.274 e. The molecule has 2 aliphatic rings. The van der Waals surface area contributed by atoms with Crippen molar-refractivity contribution in [1.82, 2.24) is 39.8 Å². The molecule has 9 heteroatoms. The highest BCUT2D eigenvalue weighted by Crippen LogP contribution is 2.38. The van der Waals surface area contributed by atoms with Gasteiger partial charge in [-0.05, 0) is 56.8 Å². The van der Waals surface area contributed by atoms with Crippen LogP contribution in [0, 0.1) is 6.92 Å². The van der Waals surface area contributed by atoms with Gasteiger partial charge in [-0.2, -0.15) is 5.10 Å². The van der Waals surface area contributed by atoms with Crippen molar-refractivity contribution in [1.29, 1.82) is 0 Å². The fraction of sp³-hybridized carbons (Fsp3) is 0.722. The molecule has 1 saturated carbocycles. The van der Waals surface area contributed by atoms with Gasteiger partial charge < -0.3 is 4.90 Å². The predicted octanol–water partition coefficient (Wildman–Crippen LogP) is 1.13. The average Bonchev–Trinajstić information content (AvgIpc) is 3.41. The van der Waals surface area contributed by atoms with Gasteiger partial charge in [0.05, 0.1) is 6.04 Å². The Morgan fingerprint density at radius 3 is 2.67 bits per heavy atom. The summed E-state index contributed by atoms with van der Waals surface area (Å²) >= 11 is 0. The molecule has 4 rings (SSSR count). The number of hydrogen-bond acceptors (Lipinski definition) is 6. The van der Waals surface area contributed by atoms with Crippen molar-refractivity contribution in [3.63, 3.8) is 0 Å². The first-order chi connectivity index (χ1) is 12.9. The minimum Gasteiger partial charge on any atom is -0.335 e. The number of likely N-dealkylation sites (N-methyl/N-ethyl adjacent to an activating group) is 1. The summed E-state index contributed by atoms with van der Waals surface area (Å²) in [6.45, 7) is 3.19. The van der Waals surface area contributed by atoms with Gasteiger partial charge in [-0.25, -0.2) is 4.68 Å². The summed E-state index contributed by atoms with van der Waals surface area (Å²) in [7, 11) is 5.95. The molecule has 146 valence electrons. The van der Waals surface area contributed by atoms with Crippen molar-refractivity contribution < 1.29 is 4.79 Å². The van der Waals surface area contributed by atoms with E-state index in [1.807, 2.05) is 43.7 Å². The van der Waals surface area contributed by atoms with Crippen LogP contribution < -0.4 is 0 Å². The first-order valence-electron chi connectivity index (χ1n) is 9.68. The van der Waals surface area contributed by atoms with E-state index in [1.165, 1.54) is 12.8 Å². The van der Waals surface area contributed by atoms with Crippen LogP contribution in [0.25, 0.3) is 0 Å². The normalized spacial score (nSPS) is 23.7. The minimum atomic E-state index is -0.369. The van der Waals surface area contributed by atoms with Gasteiger partial charge in [0.2, 0.25) is 0 Å². The summed E-state index contributed by atoms with van der Waals surface area (Å²) in [5.41, 5.74) is 1.10. The molecule has 0 spiro atoms. The van der Waals surface area contributed by atoms with Gasteiger partial charge in [-0.15, -0.1) is 5.10 Å². The van der Waals surface area contributed by atoms with E-state index in [9.17, 15) is 4.79 Å². The Morgan fingerprint density at radius 1 is 1.30 bits per heavy atom. The zero-order valence-corrected chi connectivity index (χ0v) is 16.6. The number of rotatable bonds is 4. The van der Waals surface area contributed by atoms with E-state index in [-0.39, 0.29) is 11.4 Å². The molecular formula is C18H28N8O. The van der Waals surface area contributed by atoms with Crippen LogP contribution in [0.1, 0.15) is 60.2 Å². The number of tetrazole rings is 1. The maximum atomic E-state index is 13.0. The summed E-state index contributed by atoms with van der Waals surface area (Å²) in [5, 5.41) is 17.1. The lowest BCUT2D eigenvalue weighted by Crippen LogP contribution is -2.47. The fourth-order valence-electron chi connectivity index (χ4n) is 4.44. The van der Waals surface area contributed by atoms with E-state index in [1.54, 1.807) is 4.68 Å². The molecule has 0 N–H and O–H groups in total. The number of amides is 1. The fourth-order valence-corrected chi connectivity index (χ4v) is 4.44. The molecule has 1 unspecified atom stereocenters. The number of carbonyl (C=O) groups excluding carboxylic acids is 1. The zero-order chi connectivity index (χ0) is 19.2. The number of likely N-dealkylation sites (tertiary alicyclic amines) is 1. The summed E-state index contributed by atoms with van der Waals surface area (Å²) in [5.74, 6) is 0.856. The topological polar surface area (TPSA) is 85.0 Å². The Kier molecular flexibility index (Phi) is 4.49. The summed E-state index contributed by atoms with van der Waals surface area (Å²) < 4.78 is 3.76. The second kappa shape index (κ2) is 6.70. The van der Waals surface area contributed by atoms with Crippen molar-refractivity contribution in [2.24, 2.45) is 7.05 Å². The van der Waals surface area contributed by atoms with Crippen LogP contribution in [0.4, 0.5) is 0 Å². The molecule has 1 aliphatic carbocycles.